The van der Waals surface area contributed by atoms with Gasteiger partial charge in [0.05, 0.1) is 25.5 Å². The Morgan fingerprint density at radius 3 is 2.40 bits per heavy atom. The number of carbonyl (C=O) groups excluding carboxylic acids is 1. The van der Waals surface area contributed by atoms with Gasteiger partial charge in [-0.05, 0) is 30.3 Å². The molecule has 1 amide bonds. The number of ether oxygens (including phenoxy) is 2. The topological polar surface area (TPSA) is 83.2 Å². The normalized spacial score (nSPS) is 10.6. The Hall–Kier alpha value is -4.07. The number of hydrogen-bond donors (Lipinski definition) is 1. The number of methoxy groups -OCH3 is 2. The Bertz CT molecular complexity index is 1180. The zero-order valence-corrected chi connectivity index (χ0v) is 16.9. The number of rotatable bonds is 6. The van der Waals surface area contributed by atoms with Crippen molar-refractivity contribution in [3.8, 4) is 28.4 Å². The number of benzene rings is 2. The Kier molecular flexibility index (Phi) is 5.21. The number of para-hydroxylation sites is 1. The van der Waals surface area contributed by atoms with E-state index in [0.29, 0.717) is 28.6 Å². The monoisotopic (exact) mass is 403 g/mol. The third-order valence-corrected chi connectivity index (χ3v) is 4.59. The summed E-state index contributed by atoms with van der Waals surface area (Å²) in [6.45, 7) is 0. The fraction of sp³-hybridized carbons (Fsp3) is 0.136. The summed E-state index contributed by atoms with van der Waals surface area (Å²) in [6, 6.07) is 16.8. The third kappa shape index (κ3) is 3.75. The van der Waals surface area contributed by atoms with E-state index < -0.39 is 0 Å². The van der Waals surface area contributed by atoms with Crippen molar-refractivity contribution in [2.75, 3.05) is 19.5 Å². The molecule has 4 rings (SSSR count). The number of nitrogens with one attached hydrogen (secondary N) is 1. The summed E-state index contributed by atoms with van der Waals surface area (Å²) in [5, 5.41) is 11.7. The Morgan fingerprint density at radius 2 is 1.73 bits per heavy atom. The smallest absolute Gasteiger partial charge is 0.260 e. The molecule has 152 valence electrons. The number of aromatic nitrogens is 4. The van der Waals surface area contributed by atoms with Gasteiger partial charge in [-0.1, -0.05) is 18.2 Å². The molecule has 2 aromatic carbocycles. The second-order valence-electron chi connectivity index (χ2n) is 6.57. The van der Waals surface area contributed by atoms with Crippen LogP contribution in [-0.2, 0) is 7.05 Å². The molecule has 1 N–H and O–H groups in total. The van der Waals surface area contributed by atoms with Crippen LogP contribution >= 0.6 is 0 Å². The maximum atomic E-state index is 13.1. The van der Waals surface area contributed by atoms with E-state index in [1.807, 2.05) is 36.4 Å². The van der Waals surface area contributed by atoms with Gasteiger partial charge in [-0.2, -0.15) is 10.2 Å². The quantitative estimate of drug-likeness (QED) is 0.532. The molecule has 0 spiro atoms. The second kappa shape index (κ2) is 8.12. The van der Waals surface area contributed by atoms with Crippen LogP contribution in [-0.4, -0.2) is 39.7 Å². The van der Waals surface area contributed by atoms with Gasteiger partial charge in [0, 0.05) is 31.1 Å². The molecule has 30 heavy (non-hydrogen) atoms. The van der Waals surface area contributed by atoms with Gasteiger partial charge in [0.1, 0.15) is 5.69 Å². The SMILES string of the molecule is COc1ccc(-c2nn(-c3ccccc3)cc2C(=O)Nc2ccn(C)n2)cc1OC. The van der Waals surface area contributed by atoms with Crippen LogP contribution in [0.2, 0.25) is 0 Å². The van der Waals surface area contributed by atoms with E-state index in [0.717, 1.165) is 11.3 Å². The molecule has 8 heteroatoms. The summed E-state index contributed by atoms with van der Waals surface area (Å²) in [6.07, 6.45) is 3.47. The second-order valence-corrected chi connectivity index (χ2v) is 6.57. The van der Waals surface area contributed by atoms with E-state index in [9.17, 15) is 4.79 Å². The fourth-order valence-corrected chi connectivity index (χ4v) is 3.12. The molecule has 0 saturated carbocycles. The van der Waals surface area contributed by atoms with Crippen molar-refractivity contribution in [3.63, 3.8) is 0 Å². The van der Waals surface area contributed by atoms with Gasteiger partial charge in [0.15, 0.2) is 17.3 Å². The highest BCUT2D eigenvalue weighted by Gasteiger charge is 2.20. The summed E-state index contributed by atoms with van der Waals surface area (Å²) in [4.78, 5) is 13.1. The van der Waals surface area contributed by atoms with Crippen LogP contribution in [0.1, 0.15) is 10.4 Å². The lowest BCUT2D eigenvalue weighted by Crippen LogP contribution is -2.13. The molecule has 2 aromatic heterocycles. The van der Waals surface area contributed by atoms with Gasteiger partial charge in [-0.3, -0.25) is 9.48 Å². The molecule has 0 aliphatic carbocycles. The first-order valence-electron chi connectivity index (χ1n) is 9.27. The maximum Gasteiger partial charge on any atom is 0.260 e. The molecule has 0 fully saturated rings. The first-order chi connectivity index (χ1) is 14.6. The van der Waals surface area contributed by atoms with Crippen molar-refractivity contribution in [1.82, 2.24) is 19.6 Å². The van der Waals surface area contributed by atoms with Crippen molar-refractivity contribution < 1.29 is 14.3 Å². The highest BCUT2D eigenvalue weighted by Crippen LogP contribution is 2.33. The van der Waals surface area contributed by atoms with Crippen molar-refractivity contribution in [2.24, 2.45) is 7.05 Å². The summed E-state index contributed by atoms with van der Waals surface area (Å²) < 4.78 is 14.0. The number of aryl methyl sites for hydroxylation is 1. The number of hydrogen-bond acceptors (Lipinski definition) is 5. The summed E-state index contributed by atoms with van der Waals surface area (Å²) in [5.74, 6) is 1.32. The zero-order valence-electron chi connectivity index (χ0n) is 16.9. The molecule has 0 atom stereocenters. The zero-order chi connectivity index (χ0) is 21.1. The van der Waals surface area contributed by atoms with Gasteiger partial charge < -0.3 is 14.8 Å². The minimum atomic E-state index is -0.305. The Labute approximate surface area is 173 Å². The van der Waals surface area contributed by atoms with Gasteiger partial charge in [0.25, 0.3) is 5.91 Å². The lowest BCUT2D eigenvalue weighted by molar-refractivity contribution is 0.102. The highest BCUT2D eigenvalue weighted by molar-refractivity contribution is 6.07. The van der Waals surface area contributed by atoms with Crippen molar-refractivity contribution in [3.05, 3.63) is 72.6 Å². The summed E-state index contributed by atoms with van der Waals surface area (Å²) >= 11 is 0. The number of anilines is 1. The molecular formula is C22H21N5O3. The third-order valence-electron chi connectivity index (χ3n) is 4.59. The lowest BCUT2D eigenvalue weighted by atomic mass is 10.1. The van der Waals surface area contributed by atoms with E-state index in [4.69, 9.17) is 9.47 Å². The average molecular weight is 403 g/mol. The van der Waals surface area contributed by atoms with Gasteiger partial charge in [0.2, 0.25) is 0 Å². The average Bonchev–Trinajstić information content (AvgIpc) is 3.40. The van der Waals surface area contributed by atoms with Crippen LogP contribution in [0.3, 0.4) is 0 Å². The van der Waals surface area contributed by atoms with Crippen molar-refractivity contribution in [1.29, 1.82) is 0 Å². The number of carbonyl (C=O) groups is 1. The molecule has 0 aliphatic rings. The van der Waals surface area contributed by atoms with Crippen LogP contribution in [0.25, 0.3) is 16.9 Å². The molecule has 2 heterocycles. The van der Waals surface area contributed by atoms with E-state index in [-0.39, 0.29) is 5.91 Å². The van der Waals surface area contributed by atoms with Crippen molar-refractivity contribution >= 4 is 11.7 Å². The van der Waals surface area contributed by atoms with Crippen LogP contribution in [0.4, 0.5) is 5.82 Å². The van der Waals surface area contributed by atoms with Gasteiger partial charge in [-0.15, -0.1) is 0 Å². The lowest BCUT2D eigenvalue weighted by Gasteiger charge is -2.09. The molecule has 0 bridgehead atoms. The van der Waals surface area contributed by atoms with Crippen LogP contribution in [0.5, 0.6) is 11.5 Å². The maximum absolute atomic E-state index is 13.1. The fourth-order valence-electron chi connectivity index (χ4n) is 3.12. The molecular weight excluding hydrogens is 382 g/mol. The predicted molar refractivity (Wildman–Crippen MR) is 113 cm³/mol. The predicted octanol–water partition coefficient (Wildman–Crippen LogP) is 3.54. The molecule has 0 saturated heterocycles. The minimum Gasteiger partial charge on any atom is -0.493 e. The molecule has 0 unspecified atom stereocenters. The van der Waals surface area contributed by atoms with Crippen LogP contribution in [0, 0.1) is 0 Å². The highest BCUT2D eigenvalue weighted by atomic mass is 16.5. The van der Waals surface area contributed by atoms with Crippen LogP contribution in [0.15, 0.2) is 67.0 Å². The molecule has 0 aliphatic heterocycles. The molecule has 0 radical (unpaired) electrons. The van der Waals surface area contributed by atoms with Crippen molar-refractivity contribution in [2.45, 2.75) is 0 Å². The largest absolute Gasteiger partial charge is 0.493 e. The summed E-state index contributed by atoms with van der Waals surface area (Å²) in [5.41, 5.74) is 2.51. The first kappa shape index (κ1) is 19.3. The van der Waals surface area contributed by atoms with E-state index in [1.165, 1.54) is 0 Å². The Balaban J connectivity index is 1.79. The standard InChI is InChI=1S/C22H21N5O3/c1-26-12-11-20(24-26)23-22(28)17-14-27(16-7-5-4-6-8-16)25-21(17)15-9-10-18(29-2)19(13-15)30-3/h4-14H,1-3H3,(H,23,24,28). The van der Waals surface area contributed by atoms with E-state index in [1.54, 1.807) is 61.2 Å². The van der Waals surface area contributed by atoms with Gasteiger partial charge >= 0.3 is 0 Å². The molecule has 8 nitrogen and oxygen atoms in total. The molecule has 4 aromatic rings. The van der Waals surface area contributed by atoms with Crippen LogP contribution < -0.4 is 14.8 Å². The Morgan fingerprint density at radius 1 is 0.967 bits per heavy atom. The number of amides is 1. The van der Waals surface area contributed by atoms with Gasteiger partial charge in [-0.25, -0.2) is 4.68 Å². The first-order valence-corrected chi connectivity index (χ1v) is 9.27. The van der Waals surface area contributed by atoms with E-state index in [2.05, 4.69) is 15.5 Å². The minimum absolute atomic E-state index is 0.305. The van der Waals surface area contributed by atoms with E-state index >= 15 is 0 Å². The number of nitrogens with zero attached hydrogens (tertiary/aromatic N) is 4. The summed E-state index contributed by atoms with van der Waals surface area (Å²) in [7, 11) is 4.93.